The molecule has 0 radical (unpaired) electrons. The van der Waals surface area contributed by atoms with E-state index in [1.807, 2.05) is 56.6 Å². The van der Waals surface area contributed by atoms with E-state index in [0.717, 1.165) is 22.7 Å². The molecule has 7 nitrogen and oxygen atoms in total. The highest BCUT2D eigenvalue weighted by Gasteiger charge is 2.22. The lowest BCUT2D eigenvalue weighted by Gasteiger charge is -2.15. The molecule has 7 heteroatoms. The summed E-state index contributed by atoms with van der Waals surface area (Å²) in [4.78, 5) is 12.8. The standard InChI is InChI=1S/C22H28N4O3/c1-13-7-8-19(9-14(13)2)28-12-20-18(6)29-25-21(20)22(27)23-16(4)11-26-17(5)10-15(3)24-26/h7-10,16H,11-12H2,1-6H3,(H,23,27). The number of aromatic nitrogens is 3. The average molecular weight is 396 g/mol. The fraction of sp³-hybridized carbons (Fsp3) is 0.409. The average Bonchev–Trinajstić information content (AvgIpc) is 3.17. The van der Waals surface area contributed by atoms with Crippen LogP contribution in [-0.4, -0.2) is 26.9 Å². The number of carbonyl (C=O) groups excluding carboxylic acids is 1. The molecule has 0 aliphatic heterocycles. The van der Waals surface area contributed by atoms with E-state index in [2.05, 4.69) is 22.5 Å². The SMILES string of the molecule is Cc1cc(C)n(CC(C)NC(=O)c2noc(C)c2COc2ccc(C)c(C)c2)n1. The van der Waals surface area contributed by atoms with Gasteiger partial charge in [0.05, 0.1) is 17.8 Å². The van der Waals surface area contributed by atoms with Crippen molar-refractivity contribution in [1.82, 2.24) is 20.3 Å². The van der Waals surface area contributed by atoms with E-state index in [-0.39, 0.29) is 24.2 Å². The molecule has 1 amide bonds. The third kappa shape index (κ3) is 4.85. The predicted octanol–water partition coefficient (Wildman–Crippen LogP) is 3.81. The molecular weight excluding hydrogens is 368 g/mol. The topological polar surface area (TPSA) is 82.2 Å². The number of rotatable bonds is 7. The van der Waals surface area contributed by atoms with Crippen LogP contribution in [0.2, 0.25) is 0 Å². The maximum Gasteiger partial charge on any atom is 0.274 e. The van der Waals surface area contributed by atoms with Gasteiger partial charge in [0.1, 0.15) is 18.1 Å². The number of nitrogens with one attached hydrogen (secondary N) is 1. The second-order valence-electron chi connectivity index (χ2n) is 7.58. The summed E-state index contributed by atoms with van der Waals surface area (Å²) < 4.78 is 13.0. The van der Waals surface area contributed by atoms with E-state index in [9.17, 15) is 4.79 Å². The van der Waals surface area contributed by atoms with Gasteiger partial charge in [-0.15, -0.1) is 0 Å². The number of amides is 1. The van der Waals surface area contributed by atoms with Crippen molar-refractivity contribution in [3.05, 3.63) is 63.8 Å². The van der Waals surface area contributed by atoms with E-state index < -0.39 is 0 Å². The minimum atomic E-state index is -0.283. The highest BCUT2D eigenvalue weighted by molar-refractivity contribution is 5.93. The van der Waals surface area contributed by atoms with Gasteiger partial charge < -0.3 is 14.6 Å². The van der Waals surface area contributed by atoms with Crippen molar-refractivity contribution in [3.8, 4) is 5.75 Å². The van der Waals surface area contributed by atoms with E-state index in [0.29, 0.717) is 17.9 Å². The Morgan fingerprint density at radius 2 is 1.93 bits per heavy atom. The summed E-state index contributed by atoms with van der Waals surface area (Å²) in [7, 11) is 0. The first kappa shape index (κ1) is 20.6. The molecule has 154 valence electrons. The van der Waals surface area contributed by atoms with Crippen molar-refractivity contribution in [2.45, 2.75) is 60.7 Å². The van der Waals surface area contributed by atoms with Crippen LogP contribution in [-0.2, 0) is 13.2 Å². The van der Waals surface area contributed by atoms with E-state index in [1.165, 1.54) is 5.56 Å². The molecule has 3 aromatic rings. The molecule has 1 unspecified atom stereocenters. The third-order valence-electron chi connectivity index (χ3n) is 4.99. The van der Waals surface area contributed by atoms with E-state index >= 15 is 0 Å². The molecule has 0 saturated heterocycles. The van der Waals surface area contributed by atoms with Crippen LogP contribution in [0.5, 0.6) is 5.75 Å². The van der Waals surface area contributed by atoms with Crippen LogP contribution in [0.15, 0.2) is 28.8 Å². The minimum absolute atomic E-state index is 0.119. The van der Waals surface area contributed by atoms with E-state index in [1.54, 1.807) is 6.92 Å². The van der Waals surface area contributed by atoms with Crippen LogP contribution in [0.3, 0.4) is 0 Å². The zero-order valence-corrected chi connectivity index (χ0v) is 17.9. The number of carbonyl (C=O) groups is 1. The molecule has 2 aromatic heterocycles. The smallest absolute Gasteiger partial charge is 0.274 e. The zero-order valence-electron chi connectivity index (χ0n) is 17.9. The molecule has 1 aromatic carbocycles. The first-order valence-corrected chi connectivity index (χ1v) is 9.71. The van der Waals surface area contributed by atoms with Crippen LogP contribution in [0.1, 0.15) is 51.3 Å². The summed E-state index contributed by atoms with van der Waals surface area (Å²) in [5.74, 6) is 1.04. The molecule has 1 atom stereocenters. The summed E-state index contributed by atoms with van der Waals surface area (Å²) in [6, 6.07) is 7.80. The molecule has 0 fully saturated rings. The summed E-state index contributed by atoms with van der Waals surface area (Å²) in [6.07, 6.45) is 0. The molecule has 0 aliphatic carbocycles. The summed E-state index contributed by atoms with van der Waals surface area (Å²) >= 11 is 0. The molecule has 29 heavy (non-hydrogen) atoms. The van der Waals surface area contributed by atoms with Gasteiger partial charge in [-0.1, -0.05) is 11.2 Å². The lowest BCUT2D eigenvalue weighted by Crippen LogP contribution is -2.36. The van der Waals surface area contributed by atoms with Crippen molar-refractivity contribution < 1.29 is 14.1 Å². The fourth-order valence-electron chi connectivity index (χ4n) is 3.16. The Labute approximate surface area is 171 Å². The zero-order chi connectivity index (χ0) is 21.1. The van der Waals surface area contributed by atoms with Crippen LogP contribution < -0.4 is 10.1 Å². The van der Waals surface area contributed by atoms with Crippen molar-refractivity contribution in [2.24, 2.45) is 0 Å². The van der Waals surface area contributed by atoms with Crippen LogP contribution in [0.4, 0.5) is 0 Å². The second kappa shape index (κ2) is 8.51. The van der Waals surface area contributed by atoms with Gasteiger partial charge in [-0.2, -0.15) is 5.10 Å². The van der Waals surface area contributed by atoms with Gasteiger partial charge in [-0.3, -0.25) is 9.48 Å². The Balaban J connectivity index is 1.66. The third-order valence-corrected chi connectivity index (χ3v) is 4.99. The summed E-state index contributed by atoms with van der Waals surface area (Å²) in [6.45, 7) is 12.6. The predicted molar refractivity (Wildman–Crippen MR) is 110 cm³/mol. The fourth-order valence-corrected chi connectivity index (χ4v) is 3.16. The van der Waals surface area contributed by atoms with Crippen molar-refractivity contribution in [3.63, 3.8) is 0 Å². The Kier molecular flexibility index (Phi) is 6.06. The van der Waals surface area contributed by atoms with E-state index in [4.69, 9.17) is 9.26 Å². The first-order chi connectivity index (χ1) is 13.7. The van der Waals surface area contributed by atoms with Crippen LogP contribution >= 0.6 is 0 Å². The Bertz CT molecular complexity index is 1020. The highest BCUT2D eigenvalue weighted by Crippen LogP contribution is 2.20. The number of benzene rings is 1. The summed E-state index contributed by atoms with van der Waals surface area (Å²) in [5.41, 5.74) is 5.28. The minimum Gasteiger partial charge on any atom is -0.489 e. The van der Waals surface area contributed by atoms with Gasteiger partial charge in [0.2, 0.25) is 0 Å². The number of ether oxygens (including phenoxy) is 1. The molecule has 0 aliphatic rings. The van der Waals surface area contributed by atoms with Crippen molar-refractivity contribution >= 4 is 5.91 Å². The van der Waals surface area contributed by atoms with Gasteiger partial charge in [-0.05, 0) is 70.9 Å². The number of hydrogen-bond acceptors (Lipinski definition) is 5. The van der Waals surface area contributed by atoms with Gasteiger partial charge in [0, 0.05) is 11.7 Å². The largest absolute Gasteiger partial charge is 0.489 e. The normalized spacial score (nSPS) is 12.1. The lowest BCUT2D eigenvalue weighted by molar-refractivity contribution is 0.0924. The maximum atomic E-state index is 12.8. The molecule has 2 heterocycles. The molecule has 0 saturated carbocycles. The Morgan fingerprint density at radius 1 is 1.17 bits per heavy atom. The first-order valence-electron chi connectivity index (χ1n) is 9.71. The Morgan fingerprint density at radius 3 is 2.59 bits per heavy atom. The number of hydrogen-bond donors (Lipinski definition) is 1. The van der Waals surface area contributed by atoms with Gasteiger partial charge in [-0.25, -0.2) is 0 Å². The quantitative estimate of drug-likeness (QED) is 0.657. The van der Waals surface area contributed by atoms with Gasteiger partial charge >= 0.3 is 0 Å². The van der Waals surface area contributed by atoms with Crippen molar-refractivity contribution in [2.75, 3.05) is 0 Å². The second-order valence-corrected chi connectivity index (χ2v) is 7.58. The molecule has 3 rings (SSSR count). The molecule has 0 bridgehead atoms. The van der Waals surface area contributed by atoms with Crippen LogP contribution in [0, 0.1) is 34.6 Å². The molecular formula is C22H28N4O3. The highest BCUT2D eigenvalue weighted by atomic mass is 16.5. The lowest BCUT2D eigenvalue weighted by atomic mass is 10.1. The molecule has 1 N–H and O–H groups in total. The van der Waals surface area contributed by atoms with Gasteiger partial charge in [0.15, 0.2) is 5.69 Å². The number of aryl methyl sites for hydroxylation is 5. The van der Waals surface area contributed by atoms with Crippen LogP contribution in [0.25, 0.3) is 0 Å². The number of nitrogens with zero attached hydrogens (tertiary/aromatic N) is 3. The maximum absolute atomic E-state index is 12.8. The Hall–Kier alpha value is -3.09. The van der Waals surface area contributed by atoms with Crippen molar-refractivity contribution in [1.29, 1.82) is 0 Å². The van der Waals surface area contributed by atoms with Gasteiger partial charge in [0.25, 0.3) is 5.91 Å². The summed E-state index contributed by atoms with van der Waals surface area (Å²) in [5, 5.41) is 11.4. The monoisotopic (exact) mass is 396 g/mol. The molecule has 0 spiro atoms.